The van der Waals surface area contributed by atoms with E-state index < -0.39 is 0 Å². The number of nitrogens with zero attached hydrogens (tertiary/aromatic N) is 1. The highest BCUT2D eigenvalue weighted by Crippen LogP contribution is 2.44. The molecule has 0 aliphatic carbocycles. The average molecular weight is 363 g/mol. The van der Waals surface area contributed by atoms with Gasteiger partial charge in [-0.3, -0.25) is 4.67 Å². The van der Waals surface area contributed by atoms with Gasteiger partial charge in [-0.2, -0.15) is 0 Å². The van der Waals surface area contributed by atoms with Crippen LogP contribution in [-0.2, 0) is 0 Å². The zero-order valence-corrected chi connectivity index (χ0v) is 16.0. The van der Waals surface area contributed by atoms with Crippen molar-refractivity contribution in [3.63, 3.8) is 0 Å². The van der Waals surface area contributed by atoms with Crippen LogP contribution in [0.3, 0.4) is 0 Å². The van der Waals surface area contributed by atoms with Gasteiger partial charge >= 0.3 is 0 Å². The highest BCUT2D eigenvalue weighted by atomic mass is 31.0. The van der Waals surface area contributed by atoms with Gasteiger partial charge in [0, 0.05) is 11.1 Å². The van der Waals surface area contributed by atoms with Gasteiger partial charge in [0.1, 0.15) is 11.5 Å². The number of hydrogen-bond acceptors (Lipinski definition) is 3. The first kappa shape index (κ1) is 18.2. The number of hydrogen-bond donors (Lipinski definition) is 2. The lowest BCUT2D eigenvalue weighted by Gasteiger charge is -2.14. The fourth-order valence-corrected chi connectivity index (χ4v) is 3.05. The predicted octanol–water partition coefficient (Wildman–Crippen LogP) is 5.41. The largest absolute Gasteiger partial charge is 0.507 e. The van der Waals surface area contributed by atoms with Gasteiger partial charge < -0.3 is 10.2 Å². The fourth-order valence-electron chi connectivity index (χ4n) is 3.05. The van der Waals surface area contributed by atoms with E-state index in [-0.39, 0.29) is 11.5 Å². The van der Waals surface area contributed by atoms with Crippen LogP contribution in [0, 0.1) is 0 Å². The molecule has 0 aliphatic rings. The van der Waals surface area contributed by atoms with Gasteiger partial charge in [-0.15, -0.1) is 0 Å². The first-order valence-electron chi connectivity index (χ1n) is 8.33. The molecular weight excluding hydrogens is 341 g/mol. The maximum atomic E-state index is 10.4. The van der Waals surface area contributed by atoms with Crippen LogP contribution in [0.4, 0.5) is 0 Å². The Balaban J connectivity index is 0.000000447. The van der Waals surface area contributed by atoms with E-state index in [0.29, 0.717) is 11.1 Å². The van der Waals surface area contributed by atoms with Crippen LogP contribution >= 0.6 is 9.39 Å². The topological polar surface area (TPSA) is 43.7 Å². The van der Waals surface area contributed by atoms with Crippen LogP contribution in [0.15, 0.2) is 72.8 Å². The Kier molecular flexibility index (Phi) is 5.41. The van der Waals surface area contributed by atoms with Crippen molar-refractivity contribution < 1.29 is 10.2 Å². The average Bonchev–Trinajstić information content (AvgIpc) is 2.62. The second-order valence-electron chi connectivity index (χ2n) is 6.33. The van der Waals surface area contributed by atoms with Gasteiger partial charge in [0.15, 0.2) is 0 Å². The smallest absolute Gasteiger partial charge is 0.124 e. The second-order valence-corrected chi connectivity index (χ2v) is 7.36. The zero-order chi connectivity index (χ0) is 18.7. The van der Waals surface area contributed by atoms with Crippen molar-refractivity contribution in [1.29, 1.82) is 0 Å². The maximum absolute atomic E-state index is 10.4. The molecule has 0 saturated heterocycles. The first-order valence-corrected chi connectivity index (χ1v) is 8.84. The minimum atomic E-state index is 0.172. The Morgan fingerprint density at radius 1 is 0.615 bits per heavy atom. The second kappa shape index (κ2) is 7.74. The van der Waals surface area contributed by atoms with Crippen molar-refractivity contribution in [3.8, 4) is 22.6 Å². The van der Waals surface area contributed by atoms with Gasteiger partial charge in [-0.25, -0.2) is 0 Å². The van der Waals surface area contributed by atoms with E-state index in [2.05, 4.69) is 9.39 Å². The molecular formula is C22H22NO2P. The summed E-state index contributed by atoms with van der Waals surface area (Å²) < 4.78 is 1.92. The van der Waals surface area contributed by atoms with E-state index in [0.717, 1.165) is 21.5 Å². The Bertz CT molecular complexity index is 974. The van der Waals surface area contributed by atoms with Crippen LogP contribution in [0.1, 0.15) is 0 Å². The molecule has 0 aromatic heterocycles. The summed E-state index contributed by atoms with van der Waals surface area (Å²) in [6, 6.07) is 22.9. The van der Waals surface area contributed by atoms with Crippen molar-refractivity contribution >= 4 is 30.9 Å². The summed E-state index contributed by atoms with van der Waals surface area (Å²) in [5.74, 6) is 0.343. The molecule has 0 amide bonds. The van der Waals surface area contributed by atoms with Crippen LogP contribution in [-0.4, -0.2) is 29.0 Å². The van der Waals surface area contributed by atoms with E-state index in [9.17, 15) is 10.2 Å². The SMILES string of the molecule is CN(C)P.Oc1ccc2ccccc2c1-c1c(O)ccc2ccccc12. The Morgan fingerprint density at radius 3 is 1.35 bits per heavy atom. The quantitative estimate of drug-likeness (QED) is 0.445. The summed E-state index contributed by atoms with van der Waals surface area (Å²) in [6.45, 7) is 0. The molecule has 4 heteroatoms. The molecule has 0 bridgehead atoms. The first-order chi connectivity index (χ1) is 12.5. The lowest BCUT2D eigenvalue weighted by atomic mass is 9.92. The number of phenols is 2. The molecule has 132 valence electrons. The molecule has 0 radical (unpaired) electrons. The van der Waals surface area contributed by atoms with Crippen molar-refractivity contribution in [1.82, 2.24) is 4.67 Å². The van der Waals surface area contributed by atoms with Crippen molar-refractivity contribution in [3.05, 3.63) is 72.8 Å². The summed E-state index contributed by atoms with van der Waals surface area (Å²) in [5, 5.41) is 24.8. The third kappa shape index (κ3) is 3.65. The summed E-state index contributed by atoms with van der Waals surface area (Å²) in [5.41, 5.74) is 1.35. The number of fused-ring (bicyclic) bond motifs is 2. The van der Waals surface area contributed by atoms with Crippen LogP contribution in [0.25, 0.3) is 32.7 Å². The lowest BCUT2D eigenvalue weighted by Crippen LogP contribution is -1.88. The third-order valence-electron chi connectivity index (χ3n) is 4.06. The van der Waals surface area contributed by atoms with Gasteiger partial charge in [0.2, 0.25) is 0 Å². The number of aromatic hydroxyl groups is 2. The third-order valence-corrected chi connectivity index (χ3v) is 4.06. The van der Waals surface area contributed by atoms with Gasteiger partial charge in [0.25, 0.3) is 0 Å². The summed E-state index contributed by atoms with van der Waals surface area (Å²) in [4.78, 5) is 0. The van der Waals surface area contributed by atoms with Crippen LogP contribution < -0.4 is 0 Å². The fraction of sp³-hybridized carbons (Fsp3) is 0.0909. The summed E-state index contributed by atoms with van der Waals surface area (Å²) in [6.07, 6.45) is 0. The Labute approximate surface area is 155 Å². The minimum Gasteiger partial charge on any atom is -0.507 e. The molecule has 4 aromatic carbocycles. The van der Waals surface area contributed by atoms with E-state index in [1.807, 2.05) is 79.4 Å². The molecule has 0 spiro atoms. The molecule has 0 aliphatic heterocycles. The van der Waals surface area contributed by atoms with E-state index in [1.165, 1.54) is 0 Å². The van der Waals surface area contributed by atoms with Crippen LogP contribution in [0.2, 0.25) is 0 Å². The maximum Gasteiger partial charge on any atom is 0.124 e. The standard InChI is InChI=1S/C20H14O2.C2H8NP/c21-17-11-9-13-5-1-3-7-15(13)19(17)20-16-8-4-2-6-14(16)10-12-18(20)22;1-3(2)4/h1-12,21-22H;4H2,1-2H3. The molecule has 3 nitrogen and oxygen atoms in total. The molecule has 1 unspecified atom stereocenters. The lowest BCUT2D eigenvalue weighted by molar-refractivity contribution is 0.470. The monoisotopic (exact) mass is 363 g/mol. The molecule has 0 fully saturated rings. The highest BCUT2D eigenvalue weighted by Gasteiger charge is 2.16. The van der Waals surface area contributed by atoms with E-state index in [1.54, 1.807) is 12.1 Å². The molecule has 2 N–H and O–H groups in total. The summed E-state index contributed by atoms with van der Waals surface area (Å²) >= 11 is 0. The van der Waals surface area contributed by atoms with Crippen molar-refractivity contribution in [2.75, 3.05) is 14.1 Å². The van der Waals surface area contributed by atoms with Crippen molar-refractivity contribution in [2.24, 2.45) is 0 Å². The Morgan fingerprint density at radius 2 is 0.962 bits per heavy atom. The normalized spacial score (nSPS) is 10.8. The van der Waals surface area contributed by atoms with E-state index in [4.69, 9.17) is 0 Å². The van der Waals surface area contributed by atoms with Gasteiger partial charge in [-0.1, -0.05) is 70.1 Å². The molecule has 0 saturated carbocycles. The predicted molar refractivity (Wildman–Crippen MR) is 114 cm³/mol. The number of phenolic OH excluding ortho intramolecular Hbond substituents is 2. The minimum absolute atomic E-state index is 0.172. The molecule has 0 heterocycles. The van der Waals surface area contributed by atoms with E-state index >= 15 is 0 Å². The highest BCUT2D eigenvalue weighted by molar-refractivity contribution is 7.13. The van der Waals surface area contributed by atoms with Crippen LogP contribution in [0.5, 0.6) is 11.5 Å². The molecule has 4 aromatic rings. The summed E-state index contributed by atoms with van der Waals surface area (Å²) in [7, 11) is 6.42. The van der Waals surface area contributed by atoms with Gasteiger partial charge in [0.05, 0.1) is 0 Å². The number of rotatable bonds is 1. The molecule has 26 heavy (non-hydrogen) atoms. The number of benzene rings is 4. The zero-order valence-electron chi connectivity index (χ0n) is 14.8. The molecule has 1 atom stereocenters. The Hall–Kier alpha value is -2.61. The van der Waals surface area contributed by atoms with Gasteiger partial charge in [-0.05, 0) is 47.8 Å². The van der Waals surface area contributed by atoms with Crippen molar-refractivity contribution in [2.45, 2.75) is 0 Å². The molecule has 4 rings (SSSR count).